The lowest BCUT2D eigenvalue weighted by molar-refractivity contribution is 1.38. The van der Waals surface area contributed by atoms with Crippen LogP contribution in [0.5, 0.6) is 0 Å². The summed E-state index contributed by atoms with van der Waals surface area (Å²) in [7, 11) is 0. The van der Waals surface area contributed by atoms with Crippen LogP contribution >= 0.6 is 0 Å². The van der Waals surface area contributed by atoms with Gasteiger partial charge in [-0.05, 0) is 52.4 Å². The SMILES string of the molecule is Cc1ccc(-c2c(-c3ccccc3)ccc3ccccc23)c(C)c1. The quantitative estimate of drug-likeness (QED) is 0.382. The summed E-state index contributed by atoms with van der Waals surface area (Å²) in [5.74, 6) is 0. The van der Waals surface area contributed by atoms with Crippen molar-refractivity contribution in [1.29, 1.82) is 0 Å². The standard InChI is InChI=1S/C24H20/c1-17-12-14-21(18(2)16-17)24-22-11-7-6-10-20(22)13-15-23(24)19-8-4-3-5-9-19/h3-16H,1-2H3. The molecule has 24 heavy (non-hydrogen) atoms. The summed E-state index contributed by atoms with van der Waals surface area (Å²) in [6, 6.07) is 30.6. The van der Waals surface area contributed by atoms with Gasteiger partial charge in [-0.25, -0.2) is 0 Å². The summed E-state index contributed by atoms with van der Waals surface area (Å²) < 4.78 is 0. The van der Waals surface area contributed by atoms with Gasteiger partial charge in [-0.3, -0.25) is 0 Å². The number of hydrogen-bond donors (Lipinski definition) is 0. The van der Waals surface area contributed by atoms with Crippen LogP contribution in [-0.2, 0) is 0 Å². The molecule has 116 valence electrons. The van der Waals surface area contributed by atoms with Crippen LogP contribution in [0.2, 0.25) is 0 Å². The Hall–Kier alpha value is -2.86. The summed E-state index contributed by atoms with van der Waals surface area (Å²) in [6.07, 6.45) is 0. The van der Waals surface area contributed by atoms with Crippen LogP contribution in [0.25, 0.3) is 33.0 Å². The number of aryl methyl sites for hydroxylation is 2. The van der Waals surface area contributed by atoms with E-state index < -0.39 is 0 Å². The molecule has 0 aliphatic rings. The summed E-state index contributed by atoms with van der Waals surface area (Å²) in [5, 5.41) is 2.60. The van der Waals surface area contributed by atoms with E-state index in [2.05, 4.69) is 98.8 Å². The number of benzene rings is 4. The van der Waals surface area contributed by atoms with Gasteiger partial charge >= 0.3 is 0 Å². The minimum absolute atomic E-state index is 1.26. The average Bonchev–Trinajstić information content (AvgIpc) is 2.62. The van der Waals surface area contributed by atoms with Gasteiger partial charge in [-0.1, -0.05) is 90.5 Å². The van der Waals surface area contributed by atoms with Gasteiger partial charge in [0.2, 0.25) is 0 Å². The molecule has 4 rings (SSSR count). The Morgan fingerprint density at radius 1 is 0.583 bits per heavy atom. The topological polar surface area (TPSA) is 0 Å². The van der Waals surface area contributed by atoms with Crippen molar-refractivity contribution in [1.82, 2.24) is 0 Å². The molecule has 4 aromatic carbocycles. The van der Waals surface area contributed by atoms with E-state index in [0.29, 0.717) is 0 Å². The van der Waals surface area contributed by atoms with Gasteiger partial charge in [0.15, 0.2) is 0 Å². The predicted molar refractivity (Wildman–Crippen MR) is 104 cm³/mol. The number of rotatable bonds is 2. The predicted octanol–water partition coefficient (Wildman–Crippen LogP) is 6.79. The second-order valence-corrected chi connectivity index (χ2v) is 6.39. The van der Waals surface area contributed by atoms with Gasteiger partial charge in [0.25, 0.3) is 0 Å². The van der Waals surface area contributed by atoms with Crippen molar-refractivity contribution < 1.29 is 0 Å². The molecule has 0 unspecified atom stereocenters. The second kappa shape index (κ2) is 5.98. The highest BCUT2D eigenvalue weighted by atomic mass is 14.2. The number of hydrogen-bond acceptors (Lipinski definition) is 0. The Bertz CT molecular complexity index is 1010. The minimum atomic E-state index is 1.26. The van der Waals surface area contributed by atoms with Crippen molar-refractivity contribution >= 4 is 10.8 Å². The van der Waals surface area contributed by atoms with Gasteiger partial charge < -0.3 is 0 Å². The zero-order chi connectivity index (χ0) is 16.5. The van der Waals surface area contributed by atoms with Crippen molar-refractivity contribution in [3.05, 3.63) is 96.1 Å². The molecule has 0 N–H and O–H groups in total. The molecule has 0 fully saturated rings. The van der Waals surface area contributed by atoms with Crippen molar-refractivity contribution in [3.63, 3.8) is 0 Å². The fourth-order valence-corrected chi connectivity index (χ4v) is 3.51. The average molecular weight is 308 g/mol. The van der Waals surface area contributed by atoms with E-state index in [9.17, 15) is 0 Å². The van der Waals surface area contributed by atoms with Crippen molar-refractivity contribution in [3.8, 4) is 22.3 Å². The zero-order valence-corrected chi connectivity index (χ0v) is 14.1. The Kier molecular flexibility index (Phi) is 3.66. The smallest absolute Gasteiger partial charge is 0.00242 e. The fraction of sp³-hybridized carbons (Fsp3) is 0.0833. The first-order valence-corrected chi connectivity index (χ1v) is 8.39. The maximum atomic E-state index is 2.27. The lowest BCUT2D eigenvalue weighted by atomic mass is 9.87. The Morgan fingerprint density at radius 2 is 1.29 bits per heavy atom. The highest BCUT2D eigenvalue weighted by Gasteiger charge is 2.13. The minimum Gasteiger partial charge on any atom is -0.0622 e. The normalized spacial score (nSPS) is 10.9. The van der Waals surface area contributed by atoms with Crippen LogP contribution in [0.1, 0.15) is 11.1 Å². The molecule has 0 saturated carbocycles. The highest BCUT2D eigenvalue weighted by molar-refractivity contribution is 6.04. The monoisotopic (exact) mass is 308 g/mol. The molecule has 0 radical (unpaired) electrons. The van der Waals surface area contributed by atoms with Crippen LogP contribution < -0.4 is 0 Å². The molecule has 0 heterocycles. The second-order valence-electron chi connectivity index (χ2n) is 6.39. The van der Waals surface area contributed by atoms with Gasteiger partial charge in [-0.2, -0.15) is 0 Å². The molecule has 0 aliphatic heterocycles. The van der Waals surface area contributed by atoms with Crippen molar-refractivity contribution in [2.75, 3.05) is 0 Å². The summed E-state index contributed by atoms with van der Waals surface area (Å²) in [6.45, 7) is 4.36. The number of fused-ring (bicyclic) bond motifs is 1. The lowest BCUT2D eigenvalue weighted by Crippen LogP contribution is -1.91. The van der Waals surface area contributed by atoms with Gasteiger partial charge in [0.05, 0.1) is 0 Å². The first kappa shape index (κ1) is 14.7. The summed E-state index contributed by atoms with van der Waals surface area (Å²) >= 11 is 0. The van der Waals surface area contributed by atoms with Crippen LogP contribution in [-0.4, -0.2) is 0 Å². The van der Waals surface area contributed by atoms with Gasteiger partial charge in [0, 0.05) is 0 Å². The summed E-state index contributed by atoms with van der Waals surface area (Å²) in [5.41, 5.74) is 7.83. The molecule has 0 aliphatic carbocycles. The van der Waals surface area contributed by atoms with E-state index in [1.165, 1.54) is 44.2 Å². The lowest BCUT2D eigenvalue weighted by Gasteiger charge is -2.16. The van der Waals surface area contributed by atoms with Crippen molar-refractivity contribution in [2.45, 2.75) is 13.8 Å². The molecular weight excluding hydrogens is 288 g/mol. The molecule has 0 atom stereocenters. The Labute approximate surface area is 143 Å². The van der Waals surface area contributed by atoms with Crippen LogP contribution in [0.4, 0.5) is 0 Å². The van der Waals surface area contributed by atoms with Crippen LogP contribution in [0.3, 0.4) is 0 Å². The molecule has 0 heteroatoms. The fourth-order valence-electron chi connectivity index (χ4n) is 3.51. The van der Waals surface area contributed by atoms with Crippen LogP contribution in [0, 0.1) is 13.8 Å². The first-order valence-electron chi connectivity index (χ1n) is 8.39. The molecule has 0 spiro atoms. The third-order valence-electron chi connectivity index (χ3n) is 4.67. The van der Waals surface area contributed by atoms with Gasteiger partial charge in [0.1, 0.15) is 0 Å². The molecule has 0 nitrogen and oxygen atoms in total. The third-order valence-corrected chi connectivity index (χ3v) is 4.67. The highest BCUT2D eigenvalue weighted by Crippen LogP contribution is 2.39. The van der Waals surface area contributed by atoms with E-state index >= 15 is 0 Å². The third kappa shape index (κ3) is 2.51. The Balaban J connectivity index is 2.11. The molecule has 0 amide bonds. The van der Waals surface area contributed by atoms with Crippen molar-refractivity contribution in [2.24, 2.45) is 0 Å². The van der Waals surface area contributed by atoms with Gasteiger partial charge in [-0.15, -0.1) is 0 Å². The van der Waals surface area contributed by atoms with E-state index in [-0.39, 0.29) is 0 Å². The molecule has 0 saturated heterocycles. The molecule has 0 bridgehead atoms. The van der Waals surface area contributed by atoms with E-state index in [1.807, 2.05) is 0 Å². The maximum absolute atomic E-state index is 2.27. The Morgan fingerprint density at radius 3 is 2.08 bits per heavy atom. The van der Waals surface area contributed by atoms with Crippen LogP contribution in [0.15, 0.2) is 84.9 Å². The van der Waals surface area contributed by atoms with E-state index in [4.69, 9.17) is 0 Å². The molecule has 0 aromatic heterocycles. The maximum Gasteiger partial charge on any atom is -0.00242 e. The van der Waals surface area contributed by atoms with E-state index in [1.54, 1.807) is 0 Å². The summed E-state index contributed by atoms with van der Waals surface area (Å²) in [4.78, 5) is 0. The zero-order valence-electron chi connectivity index (χ0n) is 14.1. The first-order chi connectivity index (χ1) is 11.7. The van der Waals surface area contributed by atoms with E-state index in [0.717, 1.165) is 0 Å². The molecule has 4 aromatic rings. The molecular formula is C24H20. The largest absolute Gasteiger partial charge is 0.0622 e.